The maximum absolute atomic E-state index is 2.46. The van der Waals surface area contributed by atoms with E-state index in [1.807, 2.05) is 0 Å². The van der Waals surface area contributed by atoms with E-state index in [4.69, 9.17) is 0 Å². The molecular weight excluding hydrogens is 651 g/mol. The second-order valence-corrected chi connectivity index (χ2v) is 14.5. The predicted molar refractivity (Wildman–Crippen MR) is 226 cm³/mol. The molecule has 1 aliphatic carbocycles. The van der Waals surface area contributed by atoms with Crippen LogP contribution in [-0.4, -0.2) is 4.57 Å². The molecule has 252 valence electrons. The van der Waals surface area contributed by atoms with Gasteiger partial charge in [-0.1, -0.05) is 176 Å². The van der Waals surface area contributed by atoms with Crippen molar-refractivity contribution in [3.63, 3.8) is 0 Å². The molecule has 0 unspecified atom stereocenters. The van der Waals surface area contributed by atoms with Gasteiger partial charge >= 0.3 is 0 Å². The molecule has 0 atom stereocenters. The van der Waals surface area contributed by atoms with E-state index in [0.717, 1.165) is 0 Å². The standard InChI is InChI=1S/C53H35N/c1-5-15-36(16-6-1)39-28-30-44-47-32-27-37-25-26-38(40-29-31-46-45-23-13-14-24-50(45)54(51(46)35-40)43-21-11-4-12-22-43)33-48(37)52(47)53(49(44)34-39,41-17-7-2-8-18-41)42-19-9-3-10-20-42/h1-35H. The van der Waals surface area contributed by atoms with Crippen LogP contribution in [0, 0.1) is 0 Å². The molecule has 0 saturated heterocycles. The first-order chi connectivity index (χ1) is 26.8. The number of rotatable bonds is 5. The Morgan fingerprint density at radius 1 is 0.333 bits per heavy atom. The molecule has 10 aromatic rings. The fraction of sp³-hybridized carbons (Fsp3) is 0.0189. The van der Waals surface area contributed by atoms with Gasteiger partial charge in [0.05, 0.1) is 16.4 Å². The minimum Gasteiger partial charge on any atom is -0.309 e. The number of benzene rings is 9. The van der Waals surface area contributed by atoms with Crippen molar-refractivity contribution in [1.29, 1.82) is 0 Å². The molecule has 0 saturated carbocycles. The molecule has 9 aromatic carbocycles. The van der Waals surface area contributed by atoms with Crippen LogP contribution >= 0.6 is 0 Å². The Hall–Kier alpha value is -6.96. The van der Waals surface area contributed by atoms with Gasteiger partial charge in [0.15, 0.2) is 0 Å². The smallest absolute Gasteiger partial charge is 0.0719 e. The van der Waals surface area contributed by atoms with E-state index in [-0.39, 0.29) is 0 Å². The Kier molecular flexibility index (Phi) is 6.84. The number of fused-ring (bicyclic) bond motifs is 8. The van der Waals surface area contributed by atoms with Crippen molar-refractivity contribution in [2.75, 3.05) is 0 Å². The highest BCUT2D eigenvalue weighted by molar-refractivity contribution is 6.10. The second kappa shape index (κ2) is 12.0. The minimum absolute atomic E-state index is 0.528. The van der Waals surface area contributed by atoms with E-state index in [9.17, 15) is 0 Å². The number of para-hydroxylation sites is 2. The van der Waals surface area contributed by atoms with E-state index in [0.29, 0.717) is 0 Å². The summed E-state index contributed by atoms with van der Waals surface area (Å²) in [7, 11) is 0. The van der Waals surface area contributed by atoms with Crippen LogP contribution in [0.25, 0.3) is 71.6 Å². The van der Waals surface area contributed by atoms with E-state index in [2.05, 4.69) is 217 Å². The normalized spacial score (nSPS) is 13.0. The first-order valence-electron chi connectivity index (χ1n) is 18.8. The van der Waals surface area contributed by atoms with Gasteiger partial charge in [0, 0.05) is 16.5 Å². The van der Waals surface area contributed by atoms with Crippen LogP contribution in [0.5, 0.6) is 0 Å². The third kappa shape index (κ3) is 4.45. The van der Waals surface area contributed by atoms with Crippen molar-refractivity contribution in [2.45, 2.75) is 5.41 Å². The first-order valence-corrected chi connectivity index (χ1v) is 18.8. The van der Waals surface area contributed by atoms with Gasteiger partial charge in [-0.2, -0.15) is 0 Å². The highest BCUT2D eigenvalue weighted by Crippen LogP contribution is 2.59. The largest absolute Gasteiger partial charge is 0.309 e. The zero-order valence-corrected chi connectivity index (χ0v) is 29.7. The van der Waals surface area contributed by atoms with Crippen molar-refractivity contribution in [3.8, 4) is 39.1 Å². The molecular formula is C53H35N. The summed E-state index contributed by atoms with van der Waals surface area (Å²) in [6, 6.07) is 78.4. The molecule has 0 bridgehead atoms. The van der Waals surface area contributed by atoms with Crippen molar-refractivity contribution < 1.29 is 0 Å². The third-order valence-electron chi connectivity index (χ3n) is 11.7. The number of nitrogens with zero attached hydrogens (tertiary/aromatic N) is 1. The number of hydrogen-bond donors (Lipinski definition) is 0. The molecule has 1 nitrogen and oxygen atoms in total. The molecule has 1 heteroatoms. The van der Waals surface area contributed by atoms with Crippen LogP contribution in [0.1, 0.15) is 22.3 Å². The number of aromatic nitrogens is 1. The Morgan fingerprint density at radius 3 is 1.61 bits per heavy atom. The number of hydrogen-bond acceptors (Lipinski definition) is 0. The van der Waals surface area contributed by atoms with Crippen molar-refractivity contribution >= 4 is 32.6 Å². The van der Waals surface area contributed by atoms with E-state index in [1.165, 1.54) is 93.9 Å². The van der Waals surface area contributed by atoms with Crippen LogP contribution < -0.4 is 0 Å². The molecule has 0 aliphatic heterocycles. The van der Waals surface area contributed by atoms with Crippen molar-refractivity contribution in [3.05, 3.63) is 235 Å². The molecule has 11 rings (SSSR count). The van der Waals surface area contributed by atoms with Crippen LogP contribution in [0.2, 0.25) is 0 Å². The van der Waals surface area contributed by atoms with E-state index < -0.39 is 5.41 Å². The Labute approximate surface area is 315 Å². The Bertz CT molecular complexity index is 2970. The lowest BCUT2D eigenvalue weighted by atomic mass is 9.66. The van der Waals surface area contributed by atoms with Crippen molar-refractivity contribution in [1.82, 2.24) is 4.57 Å². The van der Waals surface area contributed by atoms with Crippen molar-refractivity contribution in [2.24, 2.45) is 0 Å². The van der Waals surface area contributed by atoms with Crippen LogP contribution in [0.4, 0.5) is 0 Å². The van der Waals surface area contributed by atoms with E-state index >= 15 is 0 Å². The van der Waals surface area contributed by atoms with Gasteiger partial charge in [-0.15, -0.1) is 0 Å². The molecule has 1 heterocycles. The molecule has 0 spiro atoms. The predicted octanol–water partition coefficient (Wildman–Crippen LogP) is 13.6. The highest BCUT2D eigenvalue weighted by Gasteiger charge is 2.47. The van der Waals surface area contributed by atoms with E-state index in [1.54, 1.807) is 0 Å². The summed E-state index contributed by atoms with van der Waals surface area (Å²) in [5.41, 5.74) is 15.7. The average Bonchev–Trinajstić information content (AvgIpc) is 3.75. The summed E-state index contributed by atoms with van der Waals surface area (Å²) in [6.45, 7) is 0. The van der Waals surface area contributed by atoms with Gasteiger partial charge < -0.3 is 4.57 Å². The zero-order chi connectivity index (χ0) is 35.6. The summed E-state index contributed by atoms with van der Waals surface area (Å²) < 4.78 is 2.41. The molecule has 0 radical (unpaired) electrons. The lowest BCUT2D eigenvalue weighted by molar-refractivity contribution is 0.776. The first kappa shape index (κ1) is 30.6. The Morgan fingerprint density at radius 2 is 0.870 bits per heavy atom. The van der Waals surface area contributed by atoms with Gasteiger partial charge in [-0.05, 0) is 103 Å². The summed E-state index contributed by atoms with van der Waals surface area (Å²) in [4.78, 5) is 0. The topological polar surface area (TPSA) is 4.93 Å². The van der Waals surface area contributed by atoms with Gasteiger partial charge in [-0.25, -0.2) is 0 Å². The summed E-state index contributed by atoms with van der Waals surface area (Å²) >= 11 is 0. The quantitative estimate of drug-likeness (QED) is 0.170. The molecule has 54 heavy (non-hydrogen) atoms. The minimum atomic E-state index is -0.528. The van der Waals surface area contributed by atoms with Gasteiger partial charge in [-0.3, -0.25) is 0 Å². The fourth-order valence-electron chi connectivity index (χ4n) is 9.31. The van der Waals surface area contributed by atoms with Crippen LogP contribution in [-0.2, 0) is 5.41 Å². The monoisotopic (exact) mass is 685 g/mol. The molecule has 0 N–H and O–H groups in total. The average molecular weight is 686 g/mol. The van der Waals surface area contributed by atoms with Crippen LogP contribution in [0.15, 0.2) is 212 Å². The lowest BCUT2D eigenvalue weighted by Gasteiger charge is -2.35. The van der Waals surface area contributed by atoms with Crippen LogP contribution in [0.3, 0.4) is 0 Å². The molecule has 0 fully saturated rings. The maximum atomic E-state index is 2.46. The molecule has 1 aliphatic rings. The Balaban J connectivity index is 1.20. The fourth-order valence-corrected chi connectivity index (χ4v) is 9.31. The lowest BCUT2D eigenvalue weighted by Crippen LogP contribution is -2.28. The van der Waals surface area contributed by atoms with Gasteiger partial charge in [0.2, 0.25) is 0 Å². The SMILES string of the molecule is c1ccc(-c2ccc3c(c2)C(c2ccccc2)(c2ccccc2)c2c-3ccc3ccc(-c4ccc5c6ccccc6n(-c6ccccc6)c5c4)cc23)cc1. The third-order valence-corrected chi connectivity index (χ3v) is 11.7. The van der Waals surface area contributed by atoms with Gasteiger partial charge in [0.25, 0.3) is 0 Å². The summed E-state index contributed by atoms with van der Waals surface area (Å²) in [5.74, 6) is 0. The second-order valence-electron chi connectivity index (χ2n) is 14.5. The van der Waals surface area contributed by atoms with Gasteiger partial charge in [0.1, 0.15) is 0 Å². The summed E-state index contributed by atoms with van der Waals surface area (Å²) in [5, 5.41) is 5.04. The molecule has 0 amide bonds. The summed E-state index contributed by atoms with van der Waals surface area (Å²) in [6.07, 6.45) is 0. The maximum Gasteiger partial charge on any atom is 0.0719 e. The highest BCUT2D eigenvalue weighted by atomic mass is 15.0. The molecule has 1 aromatic heterocycles. The zero-order valence-electron chi connectivity index (χ0n) is 29.7.